The fourth-order valence-corrected chi connectivity index (χ4v) is 3.26. The quantitative estimate of drug-likeness (QED) is 0.830. The first-order chi connectivity index (χ1) is 9.36. The first-order valence-corrected chi connectivity index (χ1v) is 7.10. The van der Waals surface area contributed by atoms with Gasteiger partial charge in [-0.2, -0.15) is 0 Å². The molecule has 1 aromatic heterocycles. The Balaban J connectivity index is 1.54. The van der Waals surface area contributed by atoms with Crippen LogP contribution in [0.2, 0.25) is 0 Å². The Bertz CT molecular complexity index is 460. The standard InChI is InChI=1S/C14H20N4O/c1-2-12(18-8-14(9-18)10-19-11-14)13(16-3-1)17-6-4-15-5-7-17/h1-3,15H,4-11H2. The molecule has 102 valence electrons. The second kappa shape index (κ2) is 4.35. The molecule has 0 saturated carbocycles. The molecule has 0 unspecified atom stereocenters. The van der Waals surface area contributed by atoms with E-state index >= 15 is 0 Å². The molecule has 0 atom stereocenters. The van der Waals surface area contributed by atoms with E-state index in [1.54, 1.807) is 0 Å². The van der Waals surface area contributed by atoms with Crippen LogP contribution in [0.4, 0.5) is 11.5 Å². The van der Waals surface area contributed by atoms with Crippen LogP contribution in [0.1, 0.15) is 0 Å². The number of nitrogens with zero attached hydrogens (tertiary/aromatic N) is 3. The van der Waals surface area contributed by atoms with Gasteiger partial charge in [0.1, 0.15) is 0 Å². The second-order valence-electron chi connectivity index (χ2n) is 5.93. The molecule has 4 rings (SSSR count). The molecular weight excluding hydrogens is 240 g/mol. The van der Waals surface area contributed by atoms with Gasteiger partial charge >= 0.3 is 0 Å². The number of aromatic nitrogens is 1. The number of hydrogen-bond donors (Lipinski definition) is 1. The molecule has 0 aliphatic carbocycles. The largest absolute Gasteiger partial charge is 0.380 e. The van der Waals surface area contributed by atoms with Crippen molar-refractivity contribution >= 4 is 11.5 Å². The lowest BCUT2D eigenvalue weighted by molar-refractivity contribution is -0.127. The summed E-state index contributed by atoms with van der Waals surface area (Å²) in [4.78, 5) is 9.47. The lowest BCUT2D eigenvalue weighted by Crippen LogP contribution is -2.66. The number of pyridine rings is 1. The molecule has 0 radical (unpaired) electrons. The van der Waals surface area contributed by atoms with E-state index in [0.29, 0.717) is 5.41 Å². The normalized spacial score (nSPS) is 25.1. The molecule has 4 heterocycles. The maximum Gasteiger partial charge on any atom is 0.152 e. The minimum atomic E-state index is 0.455. The van der Waals surface area contributed by atoms with E-state index in [1.807, 2.05) is 12.3 Å². The summed E-state index contributed by atoms with van der Waals surface area (Å²) in [6.45, 7) is 8.31. The van der Waals surface area contributed by atoms with Crippen LogP contribution in [0.25, 0.3) is 0 Å². The Morgan fingerprint density at radius 1 is 1.16 bits per heavy atom. The van der Waals surface area contributed by atoms with Gasteiger partial charge in [-0.15, -0.1) is 0 Å². The number of piperazine rings is 1. The van der Waals surface area contributed by atoms with Crippen molar-refractivity contribution < 1.29 is 4.74 Å². The van der Waals surface area contributed by atoms with E-state index in [9.17, 15) is 0 Å². The Kier molecular flexibility index (Phi) is 2.63. The number of anilines is 2. The molecule has 5 heteroatoms. The zero-order chi connectivity index (χ0) is 12.7. The van der Waals surface area contributed by atoms with E-state index in [0.717, 1.165) is 58.3 Å². The minimum absolute atomic E-state index is 0.455. The van der Waals surface area contributed by atoms with Crippen LogP contribution < -0.4 is 15.1 Å². The average Bonchev–Trinajstić information content (AvgIpc) is 2.37. The van der Waals surface area contributed by atoms with E-state index in [1.165, 1.54) is 5.69 Å². The Hall–Kier alpha value is -1.33. The lowest BCUT2D eigenvalue weighted by Gasteiger charge is -2.56. The zero-order valence-corrected chi connectivity index (χ0v) is 11.1. The lowest BCUT2D eigenvalue weighted by atomic mass is 9.78. The molecule has 1 aromatic rings. The summed E-state index contributed by atoms with van der Waals surface area (Å²) < 4.78 is 5.35. The predicted octanol–water partition coefficient (Wildman–Crippen LogP) is 0.328. The average molecular weight is 260 g/mol. The van der Waals surface area contributed by atoms with Gasteiger partial charge in [0.25, 0.3) is 0 Å². The first kappa shape index (κ1) is 11.5. The molecule has 1 spiro atoms. The number of rotatable bonds is 2. The molecule has 0 aromatic carbocycles. The number of ether oxygens (including phenoxy) is 1. The van der Waals surface area contributed by atoms with Crippen molar-refractivity contribution in [1.29, 1.82) is 0 Å². The summed E-state index contributed by atoms with van der Waals surface area (Å²) in [5.41, 5.74) is 1.75. The van der Waals surface area contributed by atoms with Crippen LogP contribution in [0.15, 0.2) is 18.3 Å². The molecule has 0 amide bonds. The Morgan fingerprint density at radius 3 is 2.63 bits per heavy atom. The molecule has 0 bridgehead atoms. The van der Waals surface area contributed by atoms with Gasteiger partial charge in [0.05, 0.1) is 24.3 Å². The van der Waals surface area contributed by atoms with E-state index in [4.69, 9.17) is 4.74 Å². The summed E-state index contributed by atoms with van der Waals surface area (Å²) >= 11 is 0. The highest BCUT2D eigenvalue weighted by molar-refractivity contribution is 5.68. The van der Waals surface area contributed by atoms with E-state index in [2.05, 4.69) is 26.2 Å². The van der Waals surface area contributed by atoms with Crippen molar-refractivity contribution in [2.24, 2.45) is 5.41 Å². The van der Waals surface area contributed by atoms with Gasteiger partial charge in [-0.3, -0.25) is 0 Å². The second-order valence-corrected chi connectivity index (χ2v) is 5.93. The minimum Gasteiger partial charge on any atom is -0.380 e. The van der Waals surface area contributed by atoms with Crippen molar-refractivity contribution in [3.8, 4) is 0 Å². The predicted molar refractivity (Wildman–Crippen MR) is 74.8 cm³/mol. The third-order valence-electron chi connectivity index (χ3n) is 4.39. The third-order valence-corrected chi connectivity index (χ3v) is 4.39. The van der Waals surface area contributed by atoms with Crippen molar-refractivity contribution in [3.05, 3.63) is 18.3 Å². The monoisotopic (exact) mass is 260 g/mol. The zero-order valence-electron chi connectivity index (χ0n) is 11.1. The summed E-state index contributed by atoms with van der Waals surface area (Å²) in [6, 6.07) is 4.25. The van der Waals surface area contributed by atoms with Gasteiger partial charge in [0.2, 0.25) is 0 Å². The summed E-state index contributed by atoms with van der Waals surface area (Å²) in [7, 11) is 0. The smallest absolute Gasteiger partial charge is 0.152 e. The maximum atomic E-state index is 5.35. The molecule has 3 fully saturated rings. The van der Waals surface area contributed by atoms with Gasteiger partial charge < -0.3 is 19.9 Å². The van der Waals surface area contributed by atoms with Crippen LogP contribution in [-0.4, -0.2) is 57.5 Å². The SMILES string of the molecule is c1cnc(N2CCNCC2)c(N2CC3(COC3)C2)c1. The molecule has 19 heavy (non-hydrogen) atoms. The number of hydrogen-bond acceptors (Lipinski definition) is 5. The van der Waals surface area contributed by atoms with Crippen molar-refractivity contribution in [2.75, 3.05) is 62.3 Å². The highest BCUT2D eigenvalue weighted by Crippen LogP contribution is 2.42. The summed E-state index contributed by atoms with van der Waals surface area (Å²) in [6.07, 6.45) is 1.91. The van der Waals surface area contributed by atoms with Crippen LogP contribution in [0.3, 0.4) is 0 Å². The van der Waals surface area contributed by atoms with Gasteiger partial charge in [0, 0.05) is 45.5 Å². The van der Waals surface area contributed by atoms with Gasteiger partial charge in [-0.25, -0.2) is 4.98 Å². The highest BCUT2D eigenvalue weighted by Gasteiger charge is 2.49. The van der Waals surface area contributed by atoms with Gasteiger partial charge in [-0.05, 0) is 12.1 Å². The summed E-state index contributed by atoms with van der Waals surface area (Å²) in [5, 5.41) is 3.39. The van der Waals surface area contributed by atoms with E-state index in [-0.39, 0.29) is 0 Å². The fourth-order valence-electron chi connectivity index (χ4n) is 3.26. The van der Waals surface area contributed by atoms with Gasteiger partial charge in [0.15, 0.2) is 5.82 Å². The fraction of sp³-hybridized carbons (Fsp3) is 0.643. The topological polar surface area (TPSA) is 40.6 Å². The Labute approximate surface area is 113 Å². The molecular formula is C14H20N4O. The van der Waals surface area contributed by atoms with Crippen LogP contribution in [0, 0.1) is 5.41 Å². The van der Waals surface area contributed by atoms with Crippen molar-refractivity contribution in [2.45, 2.75) is 0 Å². The van der Waals surface area contributed by atoms with Gasteiger partial charge in [-0.1, -0.05) is 0 Å². The number of nitrogens with one attached hydrogen (secondary N) is 1. The molecule has 1 N–H and O–H groups in total. The van der Waals surface area contributed by atoms with E-state index < -0.39 is 0 Å². The summed E-state index contributed by atoms with van der Waals surface area (Å²) in [5.74, 6) is 1.15. The third kappa shape index (κ3) is 1.88. The Morgan fingerprint density at radius 2 is 1.95 bits per heavy atom. The molecule has 3 saturated heterocycles. The van der Waals surface area contributed by atoms with Crippen molar-refractivity contribution in [3.63, 3.8) is 0 Å². The van der Waals surface area contributed by atoms with Crippen LogP contribution in [-0.2, 0) is 4.74 Å². The molecule has 5 nitrogen and oxygen atoms in total. The first-order valence-electron chi connectivity index (χ1n) is 7.10. The van der Waals surface area contributed by atoms with Crippen LogP contribution in [0.5, 0.6) is 0 Å². The molecule has 3 aliphatic heterocycles. The maximum absolute atomic E-state index is 5.35. The van der Waals surface area contributed by atoms with Crippen molar-refractivity contribution in [1.82, 2.24) is 10.3 Å². The molecule has 3 aliphatic rings. The highest BCUT2D eigenvalue weighted by atomic mass is 16.5. The van der Waals surface area contributed by atoms with Crippen LogP contribution >= 0.6 is 0 Å².